The van der Waals surface area contributed by atoms with Gasteiger partial charge in [-0.15, -0.1) is 0 Å². The Labute approximate surface area is 93.2 Å². The van der Waals surface area contributed by atoms with Crippen molar-refractivity contribution in [3.05, 3.63) is 0 Å². The zero-order valence-electron chi connectivity index (χ0n) is 9.75. The first-order chi connectivity index (χ1) is 7.30. The van der Waals surface area contributed by atoms with Crippen LogP contribution in [-0.2, 0) is 0 Å². The molecule has 1 saturated heterocycles. The number of rotatable bonds is 1. The van der Waals surface area contributed by atoms with E-state index < -0.39 is 0 Å². The van der Waals surface area contributed by atoms with Crippen LogP contribution in [0, 0.1) is 5.41 Å². The van der Waals surface area contributed by atoms with Crippen LogP contribution >= 0.6 is 0 Å². The monoisotopic (exact) mass is 208 g/mol. The lowest BCUT2D eigenvalue weighted by Gasteiger charge is -2.55. The Morgan fingerprint density at radius 3 is 2.33 bits per heavy atom. The van der Waals surface area contributed by atoms with E-state index in [0.29, 0.717) is 6.04 Å². The lowest BCUT2D eigenvalue weighted by atomic mass is 9.57. The SMILES string of the molecule is NC1CCN(C2CCC23CCCCC3)C1. The molecule has 86 valence electrons. The molecule has 3 rings (SSSR count). The second kappa shape index (κ2) is 3.74. The normalized spacial score (nSPS) is 40.6. The second-order valence-electron chi connectivity index (χ2n) is 6.02. The smallest absolute Gasteiger partial charge is 0.0180 e. The molecule has 0 aromatic rings. The molecular weight excluding hydrogens is 184 g/mol. The lowest BCUT2D eigenvalue weighted by molar-refractivity contribution is -0.0435. The quantitative estimate of drug-likeness (QED) is 0.715. The fraction of sp³-hybridized carbons (Fsp3) is 1.00. The fourth-order valence-electron chi connectivity index (χ4n) is 4.19. The van der Waals surface area contributed by atoms with Gasteiger partial charge in [0.2, 0.25) is 0 Å². The van der Waals surface area contributed by atoms with Gasteiger partial charge in [-0.2, -0.15) is 0 Å². The summed E-state index contributed by atoms with van der Waals surface area (Å²) in [7, 11) is 0. The molecule has 2 aliphatic carbocycles. The molecule has 1 spiro atoms. The number of hydrogen-bond acceptors (Lipinski definition) is 2. The van der Waals surface area contributed by atoms with Gasteiger partial charge in [-0.1, -0.05) is 19.3 Å². The highest BCUT2D eigenvalue weighted by Gasteiger charge is 2.50. The maximum absolute atomic E-state index is 6.02. The molecule has 0 amide bonds. The van der Waals surface area contributed by atoms with Crippen molar-refractivity contribution in [1.82, 2.24) is 4.90 Å². The topological polar surface area (TPSA) is 29.3 Å². The van der Waals surface area contributed by atoms with E-state index in [4.69, 9.17) is 5.73 Å². The van der Waals surface area contributed by atoms with E-state index in [2.05, 4.69) is 4.90 Å². The summed E-state index contributed by atoms with van der Waals surface area (Å²) in [6, 6.07) is 1.37. The number of hydrogen-bond donors (Lipinski definition) is 1. The Kier molecular flexibility index (Phi) is 2.52. The summed E-state index contributed by atoms with van der Waals surface area (Å²) in [5, 5.41) is 0. The van der Waals surface area contributed by atoms with Crippen LogP contribution in [0.4, 0.5) is 0 Å². The molecule has 2 unspecified atom stereocenters. The summed E-state index contributed by atoms with van der Waals surface area (Å²) in [6.45, 7) is 2.44. The average Bonchev–Trinajstić information content (AvgIpc) is 2.64. The summed E-state index contributed by atoms with van der Waals surface area (Å²) >= 11 is 0. The molecule has 0 radical (unpaired) electrons. The zero-order valence-corrected chi connectivity index (χ0v) is 9.75. The van der Waals surface area contributed by atoms with Crippen LogP contribution in [0.25, 0.3) is 0 Å². The molecule has 2 N–H and O–H groups in total. The molecule has 3 fully saturated rings. The zero-order chi connectivity index (χ0) is 10.3. The molecule has 0 bridgehead atoms. The van der Waals surface area contributed by atoms with Gasteiger partial charge < -0.3 is 5.73 Å². The van der Waals surface area contributed by atoms with Crippen LogP contribution in [0.3, 0.4) is 0 Å². The van der Waals surface area contributed by atoms with Crippen LogP contribution < -0.4 is 5.73 Å². The Morgan fingerprint density at radius 2 is 1.80 bits per heavy atom. The number of nitrogens with two attached hydrogens (primary N) is 1. The Bertz CT molecular complexity index is 233. The molecule has 2 heteroatoms. The van der Waals surface area contributed by atoms with E-state index in [1.807, 2.05) is 0 Å². The minimum Gasteiger partial charge on any atom is -0.326 e. The molecule has 1 heterocycles. The van der Waals surface area contributed by atoms with Crippen LogP contribution in [0.15, 0.2) is 0 Å². The third kappa shape index (κ3) is 1.62. The third-order valence-electron chi connectivity index (χ3n) is 5.17. The van der Waals surface area contributed by atoms with Crippen molar-refractivity contribution in [2.45, 2.75) is 63.5 Å². The molecular formula is C13H24N2. The van der Waals surface area contributed by atoms with Crippen molar-refractivity contribution < 1.29 is 0 Å². The Hall–Kier alpha value is -0.0800. The lowest BCUT2D eigenvalue weighted by Crippen LogP contribution is -2.55. The van der Waals surface area contributed by atoms with E-state index in [0.717, 1.165) is 11.5 Å². The minimum absolute atomic E-state index is 0.464. The van der Waals surface area contributed by atoms with Crippen LogP contribution in [0.2, 0.25) is 0 Å². The van der Waals surface area contributed by atoms with Crippen LogP contribution in [0.1, 0.15) is 51.4 Å². The Morgan fingerprint density at radius 1 is 1.00 bits per heavy atom. The molecule has 0 aromatic heterocycles. The molecule has 2 saturated carbocycles. The van der Waals surface area contributed by atoms with E-state index in [-0.39, 0.29) is 0 Å². The van der Waals surface area contributed by atoms with E-state index in [1.54, 1.807) is 0 Å². The first-order valence-electron chi connectivity index (χ1n) is 6.80. The third-order valence-corrected chi connectivity index (χ3v) is 5.17. The van der Waals surface area contributed by atoms with E-state index >= 15 is 0 Å². The summed E-state index contributed by atoms with van der Waals surface area (Å²) in [5.41, 5.74) is 6.76. The molecule has 2 nitrogen and oxygen atoms in total. The van der Waals surface area contributed by atoms with E-state index in [9.17, 15) is 0 Å². The fourth-order valence-corrected chi connectivity index (χ4v) is 4.19. The number of likely N-dealkylation sites (tertiary alicyclic amines) is 1. The molecule has 2 atom stereocenters. The van der Waals surface area contributed by atoms with Gasteiger partial charge in [-0.05, 0) is 37.5 Å². The van der Waals surface area contributed by atoms with Gasteiger partial charge in [0.1, 0.15) is 0 Å². The summed E-state index contributed by atoms with van der Waals surface area (Å²) in [4.78, 5) is 2.71. The molecule has 3 aliphatic rings. The largest absolute Gasteiger partial charge is 0.326 e. The van der Waals surface area contributed by atoms with Crippen molar-refractivity contribution >= 4 is 0 Å². The maximum atomic E-state index is 6.02. The van der Waals surface area contributed by atoms with Gasteiger partial charge in [0.25, 0.3) is 0 Å². The van der Waals surface area contributed by atoms with E-state index in [1.165, 1.54) is 64.5 Å². The highest BCUT2D eigenvalue weighted by molar-refractivity contribution is 5.04. The van der Waals surface area contributed by atoms with Crippen molar-refractivity contribution in [1.29, 1.82) is 0 Å². The highest BCUT2D eigenvalue weighted by Crippen LogP contribution is 2.54. The summed E-state index contributed by atoms with van der Waals surface area (Å²) in [6.07, 6.45) is 11.6. The van der Waals surface area contributed by atoms with Gasteiger partial charge in [0.05, 0.1) is 0 Å². The van der Waals surface area contributed by atoms with Crippen molar-refractivity contribution in [2.75, 3.05) is 13.1 Å². The molecule has 15 heavy (non-hydrogen) atoms. The average molecular weight is 208 g/mol. The standard InChI is InChI=1S/C13H24N2/c14-11-5-9-15(10-11)12-4-8-13(12)6-2-1-3-7-13/h11-12H,1-10,14H2. The van der Waals surface area contributed by atoms with Crippen LogP contribution in [0.5, 0.6) is 0 Å². The second-order valence-corrected chi connectivity index (χ2v) is 6.02. The van der Waals surface area contributed by atoms with Gasteiger partial charge in [0.15, 0.2) is 0 Å². The molecule has 0 aromatic carbocycles. The van der Waals surface area contributed by atoms with Gasteiger partial charge in [-0.3, -0.25) is 4.90 Å². The predicted molar refractivity (Wildman–Crippen MR) is 62.7 cm³/mol. The summed E-state index contributed by atoms with van der Waals surface area (Å²) < 4.78 is 0. The predicted octanol–water partition coefficient (Wildman–Crippen LogP) is 2.13. The van der Waals surface area contributed by atoms with Crippen molar-refractivity contribution in [3.8, 4) is 0 Å². The van der Waals surface area contributed by atoms with Gasteiger partial charge >= 0.3 is 0 Å². The van der Waals surface area contributed by atoms with Gasteiger partial charge in [0, 0.05) is 25.2 Å². The van der Waals surface area contributed by atoms with Crippen molar-refractivity contribution in [3.63, 3.8) is 0 Å². The number of nitrogens with zero attached hydrogens (tertiary/aromatic N) is 1. The molecule has 1 aliphatic heterocycles. The highest BCUT2D eigenvalue weighted by atomic mass is 15.2. The first-order valence-corrected chi connectivity index (χ1v) is 6.80. The van der Waals surface area contributed by atoms with Crippen LogP contribution in [-0.4, -0.2) is 30.1 Å². The summed E-state index contributed by atoms with van der Waals surface area (Å²) in [5.74, 6) is 0. The first kappa shape index (κ1) is 10.1. The minimum atomic E-state index is 0.464. The maximum Gasteiger partial charge on any atom is 0.0180 e. The van der Waals surface area contributed by atoms with Crippen molar-refractivity contribution in [2.24, 2.45) is 11.1 Å². The van der Waals surface area contributed by atoms with Gasteiger partial charge in [-0.25, -0.2) is 0 Å². The Balaban J connectivity index is 1.66.